The Bertz CT molecular complexity index is 574. The zero-order valence-corrected chi connectivity index (χ0v) is 13.4. The molecule has 112 valence electrons. The Morgan fingerprint density at radius 3 is 2.71 bits per heavy atom. The van der Waals surface area contributed by atoms with Gasteiger partial charge in [-0.05, 0) is 55.4 Å². The van der Waals surface area contributed by atoms with Crippen LogP contribution in [0, 0.1) is 17.3 Å². The minimum absolute atomic E-state index is 0.0495. The number of ether oxygens (including phenoxy) is 1. The fourth-order valence-electron chi connectivity index (χ4n) is 5.78. The van der Waals surface area contributed by atoms with E-state index in [4.69, 9.17) is 22.7 Å². The highest BCUT2D eigenvalue weighted by atomic mass is 32.1. The molecule has 3 heteroatoms. The summed E-state index contributed by atoms with van der Waals surface area (Å²) in [5.74, 6) is 1.15. The van der Waals surface area contributed by atoms with Crippen LogP contribution in [0.2, 0.25) is 0 Å². The van der Waals surface area contributed by atoms with Crippen molar-refractivity contribution in [3.63, 3.8) is 0 Å². The minimum atomic E-state index is 0.0495. The van der Waals surface area contributed by atoms with Crippen molar-refractivity contribution >= 4 is 17.2 Å². The van der Waals surface area contributed by atoms with Gasteiger partial charge in [0.2, 0.25) is 0 Å². The standard InChI is InChI=1S/C18H23NOS/c1-2-20-15-12-8-17(13-6-4-3-5-7-13)10-14(15)18(9-12,11-17)16(19)21/h3-7,12,14-15H,2,8-11H2,1H3,(H2,19,21). The lowest BCUT2D eigenvalue weighted by molar-refractivity contribution is -0.0225. The van der Waals surface area contributed by atoms with Gasteiger partial charge in [0, 0.05) is 12.0 Å². The van der Waals surface area contributed by atoms with Gasteiger partial charge in [0.1, 0.15) is 0 Å². The lowest BCUT2D eigenvalue weighted by Gasteiger charge is -2.42. The summed E-state index contributed by atoms with van der Waals surface area (Å²) < 4.78 is 6.11. The maximum atomic E-state index is 6.23. The van der Waals surface area contributed by atoms with Gasteiger partial charge in [-0.2, -0.15) is 0 Å². The van der Waals surface area contributed by atoms with Crippen molar-refractivity contribution in [2.75, 3.05) is 6.61 Å². The highest BCUT2D eigenvalue weighted by Crippen LogP contribution is 2.71. The van der Waals surface area contributed by atoms with Crippen molar-refractivity contribution in [3.05, 3.63) is 35.9 Å². The fraction of sp³-hybridized carbons (Fsp3) is 0.611. The van der Waals surface area contributed by atoms with Gasteiger partial charge < -0.3 is 10.5 Å². The molecule has 0 aromatic heterocycles. The fourth-order valence-corrected chi connectivity index (χ4v) is 6.09. The van der Waals surface area contributed by atoms with Crippen LogP contribution in [0.25, 0.3) is 0 Å². The minimum Gasteiger partial charge on any atom is -0.393 e. The topological polar surface area (TPSA) is 35.2 Å². The first-order valence-corrected chi connectivity index (χ1v) is 8.49. The van der Waals surface area contributed by atoms with Crippen LogP contribution in [0.3, 0.4) is 0 Å². The van der Waals surface area contributed by atoms with Gasteiger partial charge in [0.15, 0.2) is 0 Å². The van der Waals surface area contributed by atoms with E-state index in [0.29, 0.717) is 17.9 Å². The molecule has 0 heterocycles. The highest BCUT2D eigenvalue weighted by Gasteiger charge is 2.69. The van der Waals surface area contributed by atoms with Gasteiger partial charge in [-0.25, -0.2) is 0 Å². The average Bonchev–Trinajstić information content (AvgIpc) is 2.86. The predicted octanol–water partition coefficient (Wildman–Crippen LogP) is 3.44. The van der Waals surface area contributed by atoms with Crippen LogP contribution in [0.5, 0.6) is 0 Å². The van der Waals surface area contributed by atoms with Crippen molar-refractivity contribution in [2.24, 2.45) is 23.0 Å². The number of benzene rings is 1. The number of hydrogen-bond donors (Lipinski definition) is 1. The molecular formula is C18H23NOS. The van der Waals surface area contributed by atoms with Crippen molar-refractivity contribution in [3.8, 4) is 0 Å². The number of rotatable bonds is 4. The Labute approximate surface area is 132 Å². The second kappa shape index (κ2) is 4.53. The summed E-state index contributed by atoms with van der Waals surface area (Å²) in [6.07, 6.45) is 5.07. The van der Waals surface area contributed by atoms with Gasteiger partial charge in [-0.3, -0.25) is 0 Å². The maximum Gasteiger partial charge on any atom is 0.0794 e. The molecule has 4 aliphatic carbocycles. The quantitative estimate of drug-likeness (QED) is 0.865. The molecule has 21 heavy (non-hydrogen) atoms. The molecule has 4 aliphatic rings. The largest absolute Gasteiger partial charge is 0.393 e. The van der Waals surface area contributed by atoms with Gasteiger partial charge in [-0.1, -0.05) is 42.5 Å². The van der Waals surface area contributed by atoms with E-state index in [1.807, 2.05) is 0 Å². The van der Waals surface area contributed by atoms with E-state index in [2.05, 4.69) is 37.3 Å². The Morgan fingerprint density at radius 1 is 1.29 bits per heavy atom. The van der Waals surface area contributed by atoms with Crippen LogP contribution in [0.4, 0.5) is 0 Å². The molecule has 5 atom stereocenters. The predicted molar refractivity (Wildman–Crippen MR) is 88.2 cm³/mol. The maximum absolute atomic E-state index is 6.23. The molecule has 0 saturated heterocycles. The monoisotopic (exact) mass is 301 g/mol. The van der Waals surface area contributed by atoms with Crippen LogP contribution in [0.15, 0.2) is 30.3 Å². The van der Waals surface area contributed by atoms with E-state index >= 15 is 0 Å². The van der Waals surface area contributed by atoms with Crippen LogP contribution < -0.4 is 5.73 Å². The molecule has 1 aromatic rings. The van der Waals surface area contributed by atoms with Gasteiger partial charge in [0.05, 0.1) is 11.1 Å². The average molecular weight is 301 g/mol. The molecule has 1 aromatic carbocycles. The summed E-state index contributed by atoms with van der Waals surface area (Å²) in [6, 6.07) is 11.0. The molecule has 2 N–H and O–H groups in total. The van der Waals surface area contributed by atoms with E-state index < -0.39 is 0 Å². The molecule has 5 unspecified atom stereocenters. The molecule has 0 radical (unpaired) electrons. The Balaban J connectivity index is 1.77. The lowest BCUT2D eigenvalue weighted by Crippen LogP contribution is -2.40. The second-order valence-corrected chi connectivity index (χ2v) is 7.68. The lowest BCUT2D eigenvalue weighted by atomic mass is 9.63. The molecule has 5 rings (SSSR count). The Hall–Kier alpha value is -0.930. The Morgan fingerprint density at radius 2 is 2.05 bits per heavy atom. The second-order valence-electron chi connectivity index (χ2n) is 7.24. The van der Waals surface area contributed by atoms with Crippen LogP contribution in [-0.2, 0) is 10.2 Å². The summed E-state index contributed by atoms with van der Waals surface area (Å²) in [5, 5.41) is 0. The normalized spacial score (nSPS) is 43.4. The van der Waals surface area contributed by atoms with Gasteiger partial charge in [-0.15, -0.1) is 0 Å². The third-order valence-corrected chi connectivity index (χ3v) is 6.76. The summed E-state index contributed by atoms with van der Waals surface area (Å²) in [6.45, 7) is 2.89. The number of hydrogen-bond acceptors (Lipinski definition) is 2. The van der Waals surface area contributed by atoms with E-state index in [0.717, 1.165) is 24.4 Å². The number of thiocarbonyl (C=S) groups is 1. The summed E-state index contributed by atoms with van der Waals surface area (Å²) in [5.41, 5.74) is 8.04. The molecule has 0 spiro atoms. The first kappa shape index (κ1) is 13.7. The van der Waals surface area contributed by atoms with Crippen molar-refractivity contribution in [1.29, 1.82) is 0 Å². The van der Waals surface area contributed by atoms with Crippen molar-refractivity contribution in [2.45, 2.75) is 44.1 Å². The SMILES string of the molecule is CCOC1C2CC3(c4ccccc4)CC1C(C(N)=S)(C2)C3. The first-order chi connectivity index (χ1) is 10.1. The van der Waals surface area contributed by atoms with Gasteiger partial charge >= 0.3 is 0 Å². The summed E-state index contributed by atoms with van der Waals surface area (Å²) >= 11 is 5.52. The molecule has 2 nitrogen and oxygen atoms in total. The zero-order chi connectivity index (χ0) is 14.7. The molecular weight excluding hydrogens is 278 g/mol. The third kappa shape index (κ3) is 1.71. The molecule has 4 fully saturated rings. The number of nitrogens with two attached hydrogens (primary N) is 1. The summed E-state index contributed by atoms with van der Waals surface area (Å²) in [4.78, 5) is 0.734. The third-order valence-electron chi connectivity index (χ3n) is 6.35. The Kier molecular flexibility index (Phi) is 2.96. The summed E-state index contributed by atoms with van der Waals surface area (Å²) in [7, 11) is 0. The first-order valence-electron chi connectivity index (χ1n) is 8.08. The van der Waals surface area contributed by atoms with E-state index in [1.54, 1.807) is 0 Å². The molecule has 4 bridgehead atoms. The highest BCUT2D eigenvalue weighted by molar-refractivity contribution is 7.80. The van der Waals surface area contributed by atoms with Crippen molar-refractivity contribution in [1.82, 2.24) is 0 Å². The van der Waals surface area contributed by atoms with Crippen LogP contribution >= 0.6 is 12.2 Å². The molecule has 4 saturated carbocycles. The molecule has 0 amide bonds. The van der Waals surface area contributed by atoms with Crippen LogP contribution in [-0.4, -0.2) is 17.7 Å². The van der Waals surface area contributed by atoms with E-state index in [1.165, 1.54) is 18.4 Å². The molecule has 0 aliphatic heterocycles. The van der Waals surface area contributed by atoms with Gasteiger partial charge in [0.25, 0.3) is 0 Å². The smallest absolute Gasteiger partial charge is 0.0794 e. The zero-order valence-electron chi connectivity index (χ0n) is 12.5. The van der Waals surface area contributed by atoms with E-state index in [-0.39, 0.29) is 10.8 Å². The van der Waals surface area contributed by atoms with E-state index in [9.17, 15) is 0 Å². The van der Waals surface area contributed by atoms with Crippen LogP contribution in [0.1, 0.15) is 38.2 Å². The van der Waals surface area contributed by atoms with Crippen molar-refractivity contribution < 1.29 is 4.74 Å².